The molecule has 1 atom stereocenters. The Hall–Kier alpha value is -2.05. The van der Waals surface area contributed by atoms with E-state index in [0.717, 1.165) is 22.5 Å². The molecule has 2 aromatic rings. The number of carbonyl (C=O) groups is 1. The molecule has 2 aromatic carbocycles. The normalized spacial score (nSPS) is 12.7. The van der Waals surface area contributed by atoms with Gasteiger partial charge in [-0.25, -0.2) is 8.42 Å². The number of rotatable bonds is 7. The second-order valence-electron chi connectivity index (χ2n) is 6.96. The van der Waals surface area contributed by atoms with Crippen molar-refractivity contribution in [3.63, 3.8) is 0 Å². The number of benzene rings is 2. The zero-order valence-corrected chi connectivity index (χ0v) is 17.5. The lowest BCUT2D eigenvalue weighted by molar-refractivity contribution is 0.0932. The average Bonchev–Trinajstić information content (AvgIpc) is 2.60. The van der Waals surface area contributed by atoms with Gasteiger partial charge in [0.2, 0.25) is 10.0 Å². The second kappa shape index (κ2) is 8.76. The van der Waals surface area contributed by atoms with E-state index in [9.17, 15) is 13.2 Å². The Bertz CT molecular complexity index is 899. The van der Waals surface area contributed by atoms with Crippen molar-refractivity contribution < 1.29 is 13.2 Å². The summed E-state index contributed by atoms with van der Waals surface area (Å²) >= 11 is 6.22. The van der Waals surface area contributed by atoms with Gasteiger partial charge in [-0.1, -0.05) is 55.8 Å². The van der Waals surface area contributed by atoms with Gasteiger partial charge in [-0.2, -0.15) is 0 Å². The summed E-state index contributed by atoms with van der Waals surface area (Å²) in [5.74, 6) is 0.0481. The lowest BCUT2D eigenvalue weighted by Crippen LogP contribution is -2.30. The molecule has 2 rings (SSSR count). The molecule has 0 heterocycles. The van der Waals surface area contributed by atoms with Crippen molar-refractivity contribution in [1.29, 1.82) is 0 Å². The van der Waals surface area contributed by atoms with Crippen molar-refractivity contribution >= 4 is 33.2 Å². The summed E-state index contributed by atoms with van der Waals surface area (Å²) in [5.41, 5.74) is 1.64. The Kier molecular flexibility index (Phi) is 6.89. The van der Waals surface area contributed by atoms with E-state index in [0.29, 0.717) is 11.6 Å². The molecule has 0 spiro atoms. The van der Waals surface area contributed by atoms with Crippen LogP contribution in [0.2, 0.25) is 5.02 Å². The molecular formula is C20H25ClN2O3S. The molecule has 0 saturated carbocycles. The Morgan fingerprint density at radius 1 is 1.15 bits per heavy atom. The summed E-state index contributed by atoms with van der Waals surface area (Å²) in [6.45, 7) is 4.19. The highest BCUT2D eigenvalue weighted by molar-refractivity contribution is 7.92. The first kappa shape index (κ1) is 21.3. The summed E-state index contributed by atoms with van der Waals surface area (Å²) in [5, 5.41) is 3.31. The molecule has 146 valence electrons. The highest BCUT2D eigenvalue weighted by atomic mass is 35.5. The molecule has 0 aromatic heterocycles. The van der Waals surface area contributed by atoms with Crippen LogP contribution in [0.5, 0.6) is 0 Å². The number of nitrogens with one attached hydrogen (secondary N) is 1. The Morgan fingerprint density at radius 2 is 1.78 bits per heavy atom. The van der Waals surface area contributed by atoms with Crippen molar-refractivity contribution in [2.45, 2.75) is 26.3 Å². The van der Waals surface area contributed by atoms with Crippen LogP contribution in [0, 0.1) is 5.92 Å². The first-order valence-corrected chi connectivity index (χ1v) is 10.9. The van der Waals surface area contributed by atoms with Gasteiger partial charge in [0.25, 0.3) is 5.91 Å². The number of hydrogen-bond donors (Lipinski definition) is 1. The van der Waals surface area contributed by atoms with E-state index in [1.54, 1.807) is 6.07 Å². The first-order chi connectivity index (χ1) is 12.6. The van der Waals surface area contributed by atoms with Gasteiger partial charge in [0.15, 0.2) is 0 Å². The van der Waals surface area contributed by atoms with Crippen molar-refractivity contribution in [2.75, 3.05) is 17.6 Å². The maximum atomic E-state index is 12.9. The molecule has 0 radical (unpaired) electrons. The molecule has 0 aliphatic rings. The largest absolute Gasteiger partial charge is 0.345 e. The summed E-state index contributed by atoms with van der Waals surface area (Å²) in [7, 11) is -2.00. The predicted molar refractivity (Wildman–Crippen MR) is 111 cm³/mol. The van der Waals surface area contributed by atoms with Gasteiger partial charge in [0.05, 0.1) is 28.6 Å². The molecule has 1 unspecified atom stereocenters. The SMILES string of the molecule is CC(C)CC(NC(=O)c1cc(N(C)S(C)(=O)=O)ccc1Cl)c1ccccc1. The van der Waals surface area contributed by atoms with E-state index in [1.807, 2.05) is 30.3 Å². The summed E-state index contributed by atoms with van der Waals surface area (Å²) in [6, 6.07) is 14.2. The fourth-order valence-corrected chi connectivity index (χ4v) is 3.45. The van der Waals surface area contributed by atoms with E-state index in [4.69, 9.17) is 11.6 Å². The van der Waals surface area contributed by atoms with E-state index >= 15 is 0 Å². The third-order valence-electron chi connectivity index (χ3n) is 4.27. The second-order valence-corrected chi connectivity index (χ2v) is 9.38. The summed E-state index contributed by atoms with van der Waals surface area (Å²) in [4.78, 5) is 12.9. The zero-order chi connectivity index (χ0) is 20.2. The monoisotopic (exact) mass is 408 g/mol. The van der Waals surface area contributed by atoms with Crippen LogP contribution in [0.3, 0.4) is 0 Å². The third-order valence-corrected chi connectivity index (χ3v) is 5.81. The first-order valence-electron chi connectivity index (χ1n) is 8.69. The number of amides is 1. The molecule has 1 amide bonds. The van der Waals surface area contributed by atoms with E-state index in [-0.39, 0.29) is 22.5 Å². The number of carbonyl (C=O) groups excluding carboxylic acids is 1. The van der Waals surface area contributed by atoms with Crippen LogP contribution in [0.25, 0.3) is 0 Å². The van der Waals surface area contributed by atoms with E-state index in [2.05, 4.69) is 19.2 Å². The number of anilines is 1. The Morgan fingerprint density at radius 3 is 2.33 bits per heavy atom. The highest BCUT2D eigenvalue weighted by Gasteiger charge is 2.21. The molecule has 1 N–H and O–H groups in total. The number of halogens is 1. The quantitative estimate of drug-likeness (QED) is 0.744. The lowest BCUT2D eigenvalue weighted by atomic mass is 9.96. The van der Waals surface area contributed by atoms with E-state index in [1.165, 1.54) is 19.2 Å². The fourth-order valence-electron chi connectivity index (χ4n) is 2.75. The van der Waals surface area contributed by atoms with Crippen LogP contribution in [-0.2, 0) is 10.0 Å². The third kappa shape index (κ3) is 5.71. The maximum absolute atomic E-state index is 12.9. The minimum absolute atomic E-state index is 0.161. The fraction of sp³-hybridized carbons (Fsp3) is 0.350. The minimum atomic E-state index is -3.43. The van der Waals surface area contributed by atoms with Crippen LogP contribution >= 0.6 is 11.6 Å². The van der Waals surface area contributed by atoms with Crippen molar-refractivity contribution in [1.82, 2.24) is 5.32 Å². The molecule has 0 aliphatic heterocycles. The van der Waals surface area contributed by atoms with Gasteiger partial charge in [0, 0.05) is 7.05 Å². The van der Waals surface area contributed by atoms with Gasteiger partial charge in [-0.3, -0.25) is 9.10 Å². The van der Waals surface area contributed by atoms with Gasteiger partial charge in [-0.15, -0.1) is 0 Å². The topological polar surface area (TPSA) is 66.5 Å². The molecule has 0 aliphatic carbocycles. The van der Waals surface area contributed by atoms with Crippen LogP contribution in [0.15, 0.2) is 48.5 Å². The van der Waals surface area contributed by atoms with Gasteiger partial charge < -0.3 is 5.32 Å². The molecule has 27 heavy (non-hydrogen) atoms. The summed E-state index contributed by atoms with van der Waals surface area (Å²) in [6.07, 6.45) is 1.88. The lowest BCUT2D eigenvalue weighted by Gasteiger charge is -2.22. The van der Waals surface area contributed by atoms with E-state index < -0.39 is 10.0 Å². The van der Waals surface area contributed by atoms with Crippen molar-refractivity contribution in [3.8, 4) is 0 Å². The minimum Gasteiger partial charge on any atom is -0.345 e. The van der Waals surface area contributed by atoms with Crippen LogP contribution < -0.4 is 9.62 Å². The number of hydrogen-bond acceptors (Lipinski definition) is 3. The van der Waals surface area contributed by atoms with Crippen molar-refractivity contribution in [2.24, 2.45) is 5.92 Å². The van der Waals surface area contributed by atoms with Gasteiger partial charge in [-0.05, 0) is 36.1 Å². The predicted octanol–water partition coefficient (Wildman–Crippen LogP) is 4.25. The molecule has 0 bridgehead atoms. The van der Waals surface area contributed by atoms with Crippen LogP contribution in [-0.4, -0.2) is 27.6 Å². The highest BCUT2D eigenvalue weighted by Crippen LogP contribution is 2.26. The zero-order valence-electron chi connectivity index (χ0n) is 15.9. The summed E-state index contributed by atoms with van der Waals surface area (Å²) < 4.78 is 24.7. The molecule has 0 fully saturated rings. The Balaban J connectivity index is 2.32. The van der Waals surface area contributed by atoms with Crippen LogP contribution in [0.4, 0.5) is 5.69 Å². The standard InChI is InChI=1S/C20H25ClN2O3S/c1-14(2)12-19(15-8-6-5-7-9-15)22-20(24)17-13-16(10-11-18(17)21)23(3)27(4,25)26/h5-11,13-14,19H,12H2,1-4H3,(H,22,24). The number of sulfonamides is 1. The molecule has 5 nitrogen and oxygen atoms in total. The average molecular weight is 409 g/mol. The Labute approximate surface area is 166 Å². The molecule has 7 heteroatoms. The molecule has 0 saturated heterocycles. The van der Waals surface area contributed by atoms with Gasteiger partial charge >= 0.3 is 0 Å². The smallest absolute Gasteiger partial charge is 0.253 e. The van der Waals surface area contributed by atoms with Crippen LogP contribution in [0.1, 0.15) is 42.2 Å². The number of nitrogens with zero attached hydrogens (tertiary/aromatic N) is 1. The maximum Gasteiger partial charge on any atom is 0.253 e. The molecular weight excluding hydrogens is 384 g/mol. The van der Waals surface area contributed by atoms with Crippen molar-refractivity contribution in [3.05, 3.63) is 64.7 Å². The van der Waals surface area contributed by atoms with Gasteiger partial charge in [0.1, 0.15) is 0 Å².